The van der Waals surface area contributed by atoms with Crippen LogP contribution in [0.1, 0.15) is 34.1 Å². The highest BCUT2D eigenvalue weighted by Gasteiger charge is 2.28. The van der Waals surface area contributed by atoms with E-state index in [1.165, 1.54) is 0 Å². The third-order valence-electron chi connectivity index (χ3n) is 4.35. The van der Waals surface area contributed by atoms with Crippen molar-refractivity contribution in [3.8, 4) is 11.5 Å². The third kappa shape index (κ3) is 8.85. The number of aliphatic imine (C=N–C) groups is 1. The quantitative estimate of drug-likeness (QED) is 0.331. The van der Waals surface area contributed by atoms with Crippen molar-refractivity contribution in [1.29, 1.82) is 0 Å². The van der Waals surface area contributed by atoms with E-state index in [2.05, 4.69) is 20.5 Å². The molecule has 0 spiro atoms. The molecule has 1 aromatic rings. The van der Waals surface area contributed by atoms with Gasteiger partial charge in [-0.1, -0.05) is 6.07 Å². The second kappa shape index (κ2) is 12.1. The molecule has 30 heavy (non-hydrogen) atoms. The van der Waals surface area contributed by atoms with Crippen LogP contribution in [0.4, 0.5) is 4.79 Å². The fraction of sp³-hybridized carbons (Fsp3) is 0.619. The number of nitrogens with zero attached hydrogens (tertiary/aromatic N) is 2. The highest BCUT2D eigenvalue weighted by Crippen LogP contribution is 2.20. The van der Waals surface area contributed by atoms with Gasteiger partial charge in [-0.05, 0) is 46.2 Å². The van der Waals surface area contributed by atoms with E-state index in [1.807, 2.05) is 52.0 Å². The molecule has 1 aliphatic rings. The SMILES string of the molecule is CN=C(NCC(C)Oc1cccc(OC)c1)N1CCC(NC(=O)OC(C)(C)C)C1.I. The second-order valence-corrected chi connectivity index (χ2v) is 8.11. The lowest BCUT2D eigenvalue weighted by atomic mass is 10.2. The van der Waals surface area contributed by atoms with Crippen LogP contribution < -0.4 is 20.1 Å². The first-order chi connectivity index (χ1) is 13.7. The Labute approximate surface area is 196 Å². The van der Waals surface area contributed by atoms with E-state index in [1.54, 1.807) is 14.2 Å². The van der Waals surface area contributed by atoms with Crippen molar-refractivity contribution in [2.45, 2.75) is 51.9 Å². The summed E-state index contributed by atoms with van der Waals surface area (Å²) >= 11 is 0. The zero-order valence-corrected chi connectivity index (χ0v) is 21.1. The van der Waals surface area contributed by atoms with Crippen LogP contribution >= 0.6 is 24.0 Å². The predicted octanol–water partition coefficient (Wildman–Crippen LogP) is 3.25. The van der Waals surface area contributed by atoms with Gasteiger partial charge in [-0.25, -0.2) is 4.79 Å². The Bertz CT molecular complexity index is 708. The Morgan fingerprint density at radius 3 is 2.67 bits per heavy atom. The number of benzene rings is 1. The molecular formula is C21H35IN4O4. The van der Waals surface area contributed by atoms with Gasteiger partial charge in [0.1, 0.15) is 23.2 Å². The number of likely N-dealkylation sites (tertiary alicyclic amines) is 1. The average Bonchev–Trinajstić information content (AvgIpc) is 3.08. The normalized spacial score (nSPS) is 17.6. The van der Waals surface area contributed by atoms with E-state index in [4.69, 9.17) is 14.2 Å². The first-order valence-corrected chi connectivity index (χ1v) is 9.96. The summed E-state index contributed by atoms with van der Waals surface area (Å²) in [5.74, 6) is 2.31. The molecule has 1 fully saturated rings. The summed E-state index contributed by atoms with van der Waals surface area (Å²) in [4.78, 5) is 18.5. The molecule has 1 saturated heterocycles. The van der Waals surface area contributed by atoms with Crippen LogP contribution in [0.5, 0.6) is 11.5 Å². The molecule has 1 heterocycles. The summed E-state index contributed by atoms with van der Waals surface area (Å²) in [6.07, 6.45) is 0.403. The molecule has 1 aliphatic heterocycles. The molecule has 0 aliphatic carbocycles. The summed E-state index contributed by atoms with van der Waals surface area (Å²) in [5.41, 5.74) is -0.501. The van der Waals surface area contributed by atoms with Gasteiger partial charge >= 0.3 is 6.09 Å². The maximum atomic E-state index is 12.0. The van der Waals surface area contributed by atoms with E-state index >= 15 is 0 Å². The van der Waals surface area contributed by atoms with Crippen molar-refractivity contribution in [1.82, 2.24) is 15.5 Å². The molecule has 0 saturated carbocycles. The smallest absolute Gasteiger partial charge is 0.407 e. The van der Waals surface area contributed by atoms with E-state index in [0.29, 0.717) is 13.1 Å². The van der Waals surface area contributed by atoms with E-state index < -0.39 is 5.60 Å². The third-order valence-corrected chi connectivity index (χ3v) is 4.35. The number of ether oxygens (including phenoxy) is 3. The number of carbonyl (C=O) groups is 1. The van der Waals surface area contributed by atoms with Gasteiger partial charge in [0.2, 0.25) is 0 Å². The summed E-state index contributed by atoms with van der Waals surface area (Å²) < 4.78 is 16.5. The fourth-order valence-electron chi connectivity index (χ4n) is 3.06. The van der Waals surface area contributed by atoms with Gasteiger partial charge in [0.15, 0.2) is 5.96 Å². The molecule has 0 bridgehead atoms. The minimum atomic E-state index is -0.501. The number of guanidine groups is 1. The lowest BCUT2D eigenvalue weighted by Crippen LogP contribution is -2.46. The summed E-state index contributed by atoms with van der Waals surface area (Å²) in [5, 5.41) is 6.28. The number of alkyl carbamates (subject to hydrolysis) is 1. The average molecular weight is 534 g/mol. The lowest BCUT2D eigenvalue weighted by Gasteiger charge is -2.24. The van der Waals surface area contributed by atoms with E-state index in [0.717, 1.165) is 30.4 Å². The lowest BCUT2D eigenvalue weighted by molar-refractivity contribution is 0.0507. The van der Waals surface area contributed by atoms with Gasteiger partial charge in [0.05, 0.1) is 19.7 Å². The molecule has 170 valence electrons. The van der Waals surface area contributed by atoms with Crippen LogP contribution in [0.15, 0.2) is 29.3 Å². The fourth-order valence-corrected chi connectivity index (χ4v) is 3.06. The molecule has 8 nitrogen and oxygen atoms in total. The van der Waals surface area contributed by atoms with Crippen LogP contribution in [-0.2, 0) is 4.74 Å². The first kappa shape index (κ1) is 26.1. The number of rotatable bonds is 6. The van der Waals surface area contributed by atoms with Crippen LogP contribution in [0.2, 0.25) is 0 Å². The summed E-state index contributed by atoms with van der Waals surface area (Å²) in [7, 11) is 3.39. The van der Waals surface area contributed by atoms with Crippen molar-refractivity contribution in [3.05, 3.63) is 24.3 Å². The Hall–Kier alpha value is -1.91. The zero-order chi connectivity index (χ0) is 21.4. The van der Waals surface area contributed by atoms with Gasteiger partial charge < -0.3 is 29.7 Å². The van der Waals surface area contributed by atoms with Crippen LogP contribution in [0.3, 0.4) is 0 Å². The largest absolute Gasteiger partial charge is 0.497 e. The monoisotopic (exact) mass is 534 g/mol. The van der Waals surface area contributed by atoms with Crippen molar-refractivity contribution in [2.75, 3.05) is 33.8 Å². The molecule has 2 atom stereocenters. The maximum absolute atomic E-state index is 12.0. The Morgan fingerprint density at radius 2 is 2.03 bits per heavy atom. The van der Waals surface area contributed by atoms with Gasteiger partial charge in [0.25, 0.3) is 0 Å². The topological polar surface area (TPSA) is 84.4 Å². The van der Waals surface area contributed by atoms with Crippen molar-refractivity contribution in [3.63, 3.8) is 0 Å². The molecule has 0 radical (unpaired) electrons. The molecule has 2 unspecified atom stereocenters. The second-order valence-electron chi connectivity index (χ2n) is 8.11. The summed E-state index contributed by atoms with van der Waals surface area (Å²) in [6.45, 7) is 9.66. The minimum Gasteiger partial charge on any atom is -0.497 e. The molecule has 9 heteroatoms. The van der Waals surface area contributed by atoms with Gasteiger partial charge in [0, 0.05) is 26.2 Å². The summed E-state index contributed by atoms with van der Waals surface area (Å²) in [6, 6.07) is 7.58. The number of hydrogen-bond donors (Lipinski definition) is 2. The number of methoxy groups -OCH3 is 1. The van der Waals surface area contributed by atoms with Gasteiger partial charge in [-0.3, -0.25) is 4.99 Å². The van der Waals surface area contributed by atoms with Gasteiger partial charge in [-0.15, -0.1) is 24.0 Å². The number of halogens is 1. The van der Waals surface area contributed by atoms with Crippen LogP contribution in [0.25, 0.3) is 0 Å². The molecule has 1 aromatic carbocycles. The van der Waals surface area contributed by atoms with E-state index in [-0.39, 0.29) is 42.2 Å². The number of amides is 1. The Morgan fingerprint density at radius 1 is 1.33 bits per heavy atom. The highest BCUT2D eigenvalue weighted by molar-refractivity contribution is 14.0. The first-order valence-electron chi connectivity index (χ1n) is 9.96. The minimum absolute atomic E-state index is 0. The standard InChI is InChI=1S/C21H34N4O4.HI/c1-15(28-18-9-7-8-17(12-18)27-6)13-23-19(22-5)25-11-10-16(14-25)24-20(26)29-21(2,3)4;/h7-9,12,15-16H,10-11,13-14H2,1-6H3,(H,22,23)(H,24,26);1H. The van der Waals surface area contributed by atoms with Gasteiger partial charge in [-0.2, -0.15) is 0 Å². The number of carbonyl (C=O) groups excluding carboxylic acids is 1. The Kier molecular flexibility index (Phi) is 10.5. The molecular weight excluding hydrogens is 499 g/mol. The predicted molar refractivity (Wildman–Crippen MR) is 129 cm³/mol. The molecule has 1 amide bonds. The van der Waals surface area contributed by atoms with E-state index in [9.17, 15) is 4.79 Å². The Balaban J connectivity index is 0.00000450. The number of nitrogens with one attached hydrogen (secondary N) is 2. The number of hydrogen-bond acceptors (Lipinski definition) is 5. The highest BCUT2D eigenvalue weighted by atomic mass is 127. The zero-order valence-electron chi connectivity index (χ0n) is 18.7. The van der Waals surface area contributed by atoms with Crippen LogP contribution in [0, 0.1) is 0 Å². The molecule has 2 rings (SSSR count). The van der Waals surface area contributed by atoms with Crippen molar-refractivity contribution >= 4 is 36.0 Å². The van der Waals surface area contributed by atoms with Crippen molar-refractivity contribution in [2.24, 2.45) is 4.99 Å². The molecule has 0 aromatic heterocycles. The maximum Gasteiger partial charge on any atom is 0.407 e. The van der Waals surface area contributed by atoms with Crippen LogP contribution in [-0.4, -0.2) is 68.5 Å². The molecule has 2 N–H and O–H groups in total. The van der Waals surface area contributed by atoms with Crippen molar-refractivity contribution < 1.29 is 19.0 Å².